The molecule has 1 fully saturated rings. The smallest absolute Gasteiger partial charge is 0.338 e. The number of carbonyl (C=O) groups excluding carboxylic acids is 1. The number of aryl methyl sites for hydroxylation is 1. The maximum absolute atomic E-state index is 12.7. The van der Waals surface area contributed by atoms with Crippen LogP contribution in [0.15, 0.2) is 65.0 Å². The van der Waals surface area contributed by atoms with E-state index in [-0.39, 0.29) is 11.3 Å². The third kappa shape index (κ3) is 4.01. The zero-order valence-electron chi connectivity index (χ0n) is 19.0. The number of fused-ring (bicyclic) bond motifs is 1. The lowest BCUT2D eigenvalue weighted by Crippen LogP contribution is -2.53. The molecule has 1 saturated carbocycles. The predicted octanol–water partition coefficient (Wildman–Crippen LogP) is 5.91. The van der Waals surface area contributed by atoms with Gasteiger partial charge in [0.2, 0.25) is 0 Å². The van der Waals surface area contributed by atoms with Gasteiger partial charge in [-0.25, -0.2) is 9.59 Å². The number of esters is 1. The molecule has 0 spiro atoms. The second kappa shape index (κ2) is 8.61. The second-order valence-corrected chi connectivity index (χ2v) is 9.98. The van der Waals surface area contributed by atoms with Crippen LogP contribution in [0.25, 0.3) is 0 Å². The molecule has 5 nitrogen and oxygen atoms in total. The number of benzene rings is 1. The summed E-state index contributed by atoms with van der Waals surface area (Å²) in [5, 5.41) is 10.1. The number of carbonyl (C=O) groups is 2. The standard InChI is InChI=1S/C27H32O5/c1-18-9-12-27(3)22(24(28)29)15-21(32-25(30)20-7-5-4-6-8-20)16-23(27)26(18,2)13-10-19-11-14-31-17-19/h4-8,11,14-15,17-18,21,23H,9-10,12-13,16H2,1-3H3,(H,28,29)/t18-,21-,23-,26+,27+/m0/s1. The van der Waals surface area contributed by atoms with Crippen LogP contribution in [0.4, 0.5) is 0 Å². The summed E-state index contributed by atoms with van der Waals surface area (Å²) in [5.74, 6) is -0.796. The average molecular weight is 437 g/mol. The quantitative estimate of drug-likeness (QED) is 0.570. The number of hydrogen-bond donors (Lipinski definition) is 1. The molecule has 2 aliphatic carbocycles. The Labute approximate surface area is 189 Å². The van der Waals surface area contributed by atoms with Crippen LogP contribution < -0.4 is 0 Å². The maximum Gasteiger partial charge on any atom is 0.338 e. The van der Waals surface area contributed by atoms with Gasteiger partial charge in [-0.2, -0.15) is 0 Å². The molecule has 0 bridgehead atoms. The Morgan fingerprint density at radius 2 is 1.94 bits per heavy atom. The number of carboxylic acids is 1. The van der Waals surface area contributed by atoms with Crippen molar-refractivity contribution in [1.82, 2.24) is 0 Å². The number of ether oxygens (including phenoxy) is 1. The fourth-order valence-electron chi connectivity index (χ4n) is 6.07. The summed E-state index contributed by atoms with van der Waals surface area (Å²) in [5.41, 5.74) is 1.49. The number of carboxylic acid groups (broad SMARTS) is 1. The van der Waals surface area contributed by atoms with Gasteiger partial charge in [0.1, 0.15) is 6.10 Å². The first-order valence-corrected chi connectivity index (χ1v) is 11.5. The molecule has 0 amide bonds. The molecule has 1 aromatic carbocycles. The summed E-state index contributed by atoms with van der Waals surface area (Å²) in [6, 6.07) is 10.9. The molecule has 0 unspecified atom stereocenters. The van der Waals surface area contributed by atoms with E-state index in [0.29, 0.717) is 23.5 Å². The molecule has 170 valence electrons. The van der Waals surface area contributed by atoms with Gasteiger partial charge >= 0.3 is 11.9 Å². The highest BCUT2D eigenvalue weighted by Crippen LogP contribution is 2.62. The van der Waals surface area contributed by atoms with E-state index in [0.717, 1.165) is 31.2 Å². The third-order valence-corrected chi connectivity index (χ3v) is 8.25. The number of aliphatic carboxylic acids is 1. The fraction of sp³-hybridized carbons (Fsp3) is 0.481. The fourth-order valence-corrected chi connectivity index (χ4v) is 6.07. The van der Waals surface area contributed by atoms with Crippen LogP contribution in [-0.4, -0.2) is 23.1 Å². The summed E-state index contributed by atoms with van der Waals surface area (Å²) < 4.78 is 11.1. The molecule has 32 heavy (non-hydrogen) atoms. The molecule has 0 aliphatic heterocycles. The normalized spacial score (nSPS) is 32.0. The zero-order chi connectivity index (χ0) is 22.9. The highest BCUT2D eigenvalue weighted by Gasteiger charge is 2.57. The first-order valence-electron chi connectivity index (χ1n) is 11.5. The van der Waals surface area contributed by atoms with Crippen molar-refractivity contribution in [2.24, 2.45) is 22.7 Å². The van der Waals surface area contributed by atoms with Gasteiger partial charge in [-0.05, 0) is 79.2 Å². The van der Waals surface area contributed by atoms with E-state index in [9.17, 15) is 14.7 Å². The van der Waals surface area contributed by atoms with Crippen LogP contribution in [0.3, 0.4) is 0 Å². The lowest BCUT2D eigenvalue weighted by molar-refractivity contribution is -0.138. The highest BCUT2D eigenvalue weighted by molar-refractivity contribution is 5.90. The van der Waals surface area contributed by atoms with Crippen molar-refractivity contribution in [3.63, 3.8) is 0 Å². The third-order valence-electron chi connectivity index (χ3n) is 8.25. The minimum atomic E-state index is -0.912. The summed E-state index contributed by atoms with van der Waals surface area (Å²) >= 11 is 0. The molecular weight excluding hydrogens is 404 g/mol. The van der Waals surface area contributed by atoms with Crippen LogP contribution in [0, 0.1) is 22.7 Å². The van der Waals surface area contributed by atoms with Crippen LogP contribution in [-0.2, 0) is 16.0 Å². The van der Waals surface area contributed by atoms with E-state index in [4.69, 9.17) is 9.15 Å². The lowest BCUT2D eigenvalue weighted by atomic mass is 9.46. The van der Waals surface area contributed by atoms with Crippen LogP contribution >= 0.6 is 0 Å². The summed E-state index contributed by atoms with van der Waals surface area (Å²) in [6.45, 7) is 6.66. The molecule has 5 atom stereocenters. The van der Waals surface area contributed by atoms with Crippen molar-refractivity contribution in [2.75, 3.05) is 0 Å². The first kappa shape index (κ1) is 22.4. The molecule has 0 saturated heterocycles. The Morgan fingerprint density at radius 1 is 1.19 bits per heavy atom. The molecule has 5 heteroatoms. The zero-order valence-corrected chi connectivity index (χ0v) is 19.0. The average Bonchev–Trinajstić information content (AvgIpc) is 3.30. The molecule has 2 aromatic rings. The Kier molecular flexibility index (Phi) is 6.02. The van der Waals surface area contributed by atoms with E-state index in [2.05, 4.69) is 20.8 Å². The van der Waals surface area contributed by atoms with Gasteiger partial charge in [-0.3, -0.25) is 0 Å². The van der Waals surface area contributed by atoms with E-state index in [1.54, 1.807) is 42.9 Å². The minimum Gasteiger partial charge on any atom is -0.478 e. The largest absolute Gasteiger partial charge is 0.478 e. The van der Waals surface area contributed by atoms with Crippen molar-refractivity contribution in [2.45, 2.75) is 59.0 Å². The van der Waals surface area contributed by atoms with E-state index >= 15 is 0 Å². The highest BCUT2D eigenvalue weighted by atomic mass is 16.5. The van der Waals surface area contributed by atoms with Crippen molar-refractivity contribution in [1.29, 1.82) is 0 Å². The maximum atomic E-state index is 12.7. The summed E-state index contributed by atoms with van der Waals surface area (Å²) in [6.07, 6.45) is 8.87. The number of hydrogen-bond acceptors (Lipinski definition) is 4. The van der Waals surface area contributed by atoms with Gasteiger partial charge in [-0.1, -0.05) is 39.0 Å². The van der Waals surface area contributed by atoms with E-state index in [1.807, 2.05) is 12.1 Å². The number of furan rings is 1. The van der Waals surface area contributed by atoms with Gasteiger partial charge in [0.05, 0.1) is 18.1 Å². The lowest BCUT2D eigenvalue weighted by Gasteiger charge is -2.58. The van der Waals surface area contributed by atoms with Crippen LogP contribution in [0.1, 0.15) is 62.4 Å². The Balaban J connectivity index is 1.65. The van der Waals surface area contributed by atoms with Crippen LogP contribution in [0.5, 0.6) is 0 Å². The Morgan fingerprint density at radius 3 is 2.59 bits per heavy atom. The predicted molar refractivity (Wildman–Crippen MR) is 121 cm³/mol. The van der Waals surface area contributed by atoms with Crippen molar-refractivity contribution < 1.29 is 23.8 Å². The molecule has 0 radical (unpaired) electrons. The second-order valence-electron chi connectivity index (χ2n) is 9.98. The monoisotopic (exact) mass is 436 g/mol. The molecule has 1 N–H and O–H groups in total. The molecule has 2 aliphatic rings. The van der Waals surface area contributed by atoms with Crippen LogP contribution in [0.2, 0.25) is 0 Å². The van der Waals surface area contributed by atoms with Gasteiger partial charge in [0, 0.05) is 11.0 Å². The Hall–Kier alpha value is -2.82. The molecular formula is C27H32O5. The van der Waals surface area contributed by atoms with Crippen molar-refractivity contribution in [3.05, 3.63) is 71.7 Å². The van der Waals surface area contributed by atoms with Gasteiger partial charge in [-0.15, -0.1) is 0 Å². The minimum absolute atomic E-state index is 0.0867. The van der Waals surface area contributed by atoms with Gasteiger partial charge < -0.3 is 14.3 Å². The molecule has 1 aromatic heterocycles. The topological polar surface area (TPSA) is 76.7 Å². The summed E-state index contributed by atoms with van der Waals surface area (Å²) in [7, 11) is 0. The summed E-state index contributed by atoms with van der Waals surface area (Å²) in [4.78, 5) is 25.1. The van der Waals surface area contributed by atoms with Crippen molar-refractivity contribution >= 4 is 11.9 Å². The van der Waals surface area contributed by atoms with E-state index in [1.165, 1.54) is 0 Å². The van der Waals surface area contributed by atoms with E-state index < -0.39 is 23.5 Å². The number of rotatable bonds is 6. The molecule has 1 heterocycles. The first-order chi connectivity index (χ1) is 15.2. The van der Waals surface area contributed by atoms with Gasteiger partial charge in [0.15, 0.2) is 0 Å². The molecule has 4 rings (SSSR count). The Bertz CT molecular complexity index is 992. The SMILES string of the molecule is C[C@H]1CC[C@]2(C)C(C(=O)O)=C[C@H](OC(=O)c3ccccc3)C[C@H]2[C@]1(C)CCc1ccoc1. The van der Waals surface area contributed by atoms with Crippen molar-refractivity contribution in [3.8, 4) is 0 Å². The van der Waals surface area contributed by atoms with Gasteiger partial charge in [0.25, 0.3) is 0 Å².